The van der Waals surface area contributed by atoms with Crippen LogP contribution in [0, 0.1) is 0 Å². The molecule has 0 unspecified atom stereocenters. The van der Waals surface area contributed by atoms with Crippen molar-refractivity contribution in [1.29, 1.82) is 0 Å². The van der Waals surface area contributed by atoms with E-state index in [9.17, 15) is 4.79 Å². The van der Waals surface area contributed by atoms with Crippen molar-refractivity contribution in [2.75, 3.05) is 23.8 Å². The third-order valence-electron chi connectivity index (χ3n) is 4.91. The number of anilines is 2. The monoisotopic (exact) mass is 438 g/mol. The second-order valence-electron chi connectivity index (χ2n) is 7.45. The van der Waals surface area contributed by atoms with Crippen molar-refractivity contribution in [2.24, 2.45) is 0 Å². The summed E-state index contributed by atoms with van der Waals surface area (Å²) in [5, 5.41) is 6.02. The summed E-state index contributed by atoms with van der Waals surface area (Å²) in [6, 6.07) is 34.7. The Morgan fingerprint density at radius 3 is 2.09 bits per heavy atom. The minimum Gasteiger partial charge on any atom is -0.493 e. The highest BCUT2D eigenvalue weighted by atomic mass is 16.5. The molecule has 4 aromatic rings. The number of carbonyl (C=O) groups is 1. The van der Waals surface area contributed by atoms with Gasteiger partial charge in [0.05, 0.1) is 13.2 Å². The van der Waals surface area contributed by atoms with Crippen LogP contribution in [-0.2, 0) is 11.2 Å². The fourth-order valence-electron chi connectivity index (χ4n) is 3.25. The zero-order chi connectivity index (χ0) is 22.7. The van der Waals surface area contributed by atoms with Crippen molar-refractivity contribution < 1.29 is 14.3 Å². The largest absolute Gasteiger partial charge is 0.493 e. The average molecular weight is 439 g/mol. The molecule has 166 valence electrons. The summed E-state index contributed by atoms with van der Waals surface area (Å²) >= 11 is 0. The number of rotatable bonds is 10. The van der Waals surface area contributed by atoms with E-state index in [0.29, 0.717) is 12.3 Å². The fraction of sp³-hybridized carbons (Fsp3) is 0.107. The molecule has 1 amide bonds. The van der Waals surface area contributed by atoms with Gasteiger partial charge < -0.3 is 20.1 Å². The highest BCUT2D eigenvalue weighted by molar-refractivity contribution is 5.93. The van der Waals surface area contributed by atoms with Gasteiger partial charge in [0.1, 0.15) is 17.2 Å². The van der Waals surface area contributed by atoms with Gasteiger partial charge in [0.25, 0.3) is 0 Å². The lowest BCUT2D eigenvalue weighted by Crippen LogP contribution is -2.21. The molecule has 0 bridgehead atoms. The van der Waals surface area contributed by atoms with Crippen molar-refractivity contribution in [2.45, 2.75) is 6.42 Å². The standard InChI is InChI=1S/C28H26N2O3/c31-28(21-29-23-14-16-26(17-15-23)33-25-11-5-2-6-12-25)30-24-10-7-13-27(20-24)32-19-18-22-8-3-1-4-9-22/h1-17,20,29H,18-19,21H2,(H,30,31). The number of carbonyl (C=O) groups excluding carboxylic acids is 1. The molecule has 4 rings (SSSR count). The van der Waals surface area contributed by atoms with Crippen LogP contribution in [0.5, 0.6) is 17.2 Å². The second kappa shape index (κ2) is 11.4. The topological polar surface area (TPSA) is 59.6 Å². The molecule has 0 fully saturated rings. The number of hydrogen-bond donors (Lipinski definition) is 2. The zero-order valence-electron chi connectivity index (χ0n) is 18.2. The Hall–Kier alpha value is -4.25. The van der Waals surface area contributed by atoms with Crippen LogP contribution in [0.3, 0.4) is 0 Å². The van der Waals surface area contributed by atoms with Crippen LogP contribution in [0.1, 0.15) is 5.56 Å². The molecular weight excluding hydrogens is 412 g/mol. The summed E-state index contributed by atoms with van der Waals surface area (Å²) in [5.74, 6) is 2.11. The number of amides is 1. The molecule has 0 aromatic heterocycles. The Morgan fingerprint density at radius 2 is 1.33 bits per heavy atom. The molecule has 5 heteroatoms. The van der Waals surface area contributed by atoms with E-state index in [4.69, 9.17) is 9.47 Å². The predicted octanol–water partition coefficient (Wildman–Crippen LogP) is 6.15. The molecule has 0 heterocycles. The van der Waals surface area contributed by atoms with Gasteiger partial charge in [-0.25, -0.2) is 0 Å². The first-order valence-corrected chi connectivity index (χ1v) is 10.9. The molecule has 0 saturated heterocycles. The maximum absolute atomic E-state index is 12.4. The van der Waals surface area contributed by atoms with Gasteiger partial charge in [-0.15, -0.1) is 0 Å². The van der Waals surface area contributed by atoms with E-state index in [1.165, 1.54) is 5.56 Å². The van der Waals surface area contributed by atoms with E-state index < -0.39 is 0 Å². The summed E-state index contributed by atoms with van der Waals surface area (Å²) in [4.78, 5) is 12.4. The molecule has 2 N–H and O–H groups in total. The van der Waals surface area contributed by atoms with Crippen LogP contribution in [-0.4, -0.2) is 19.1 Å². The minimum atomic E-state index is -0.138. The first-order valence-electron chi connectivity index (χ1n) is 10.9. The van der Waals surface area contributed by atoms with Crippen LogP contribution in [0.15, 0.2) is 109 Å². The van der Waals surface area contributed by atoms with Gasteiger partial charge in [0, 0.05) is 23.9 Å². The molecule has 0 aliphatic rings. The Balaban J connectivity index is 1.22. The molecule has 33 heavy (non-hydrogen) atoms. The van der Waals surface area contributed by atoms with Gasteiger partial charge in [-0.1, -0.05) is 54.6 Å². The molecule has 0 aliphatic heterocycles. The molecule has 0 spiro atoms. The second-order valence-corrected chi connectivity index (χ2v) is 7.45. The number of benzene rings is 4. The van der Waals surface area contributed by atoms with Crippen molar-refractivity contribution in [3.8, 4) is 17.2 Å². The van der Waals surface area contributed by atoms with Gasteiger partial charge in [0.2, 0.25) is 5.91 Å². The first-order chi connectivity index (χ1) is 16.2. The van der Waals surface area contributed by atoms with E-state index in [-0.39, 0.29) is 12.5 Å². The normalized spacial score (nSPS) is 10.3. The quantitative estimate of drug-likeness (QED) is 0.312. The van der Waals surface area contributed by atoms with E-state index in [0.717, 1.165) is 29.4 Å². The van der Waals surface area contributed by atoms with E-state index in [1.807, 2.05) is 97.1 Å². The summed E-state index contributed by atoms with van der Waals surface area (Å²) < 4.78 is 11.6. The van der Waals surface area contributed by atoms with Crippen LogP contribution in [0.4, 0.5) is 11.4 Å². The molecule has 0 radical (unpaired) electrons. The Morgan fingerprint density at radius 1 is 0.667 bits per heavy atom. The summed E-state index contributed by atoms with van der Waals surface area (Å²) in [5.41, 5.74) is 2.77. The third-order valence-corrected chi connectivity index (χ3v) is 4.91. The van der Waals surface area contributed by atoms with Gasteiger partial charge in [-0.3, -0.25) is 4.79 Å². The number of nitrogens with one attached hydrogen (secondary N) is 2. The molecule has 4 aromatic carbocycles. The molecule has 0 aliphatic carbocycles. The number of ether oxygens (including phenoxy) is 2. The maximum atomic E-state index is 12.4. The highest BCUT2D eigenvalue weighted by Crippen LogP contribution is 2.22. The summed E-state index contributed by atoms with van der Waals surface area (Å²) in [6.45, 7) is 0.727. The molecule has 5 nitrogen and oxygen atoms in total. The summed E-state index contributed by atoms with van der Waals surface area (Å²) in [6.07, 6.45) is 0.830. The Kier molecular flexibility index (Phi) is 7.58. The number of hydrogen-bond acceptors (Lipinski definition) is 4. The van der Waals surface area contributed by atoms with E-state index in [1.54, 1.807) is 0 Å². The number of para-hydroxylation sites is 1. The molecule has 0 atom stereocenters. The lowest BCUT2D eigenvalue weighted by molar-refractivity contribution is -0.114. The third kappa shape index (κ3) is 7.14. The molecule has 0 saturated carbocycles. The minimum absolute atomic E-state index is 0.138. The van der Waals surface area contributed by atoms with E-state index >= 15 is 0 Å². The Bertz CT molecular complexity index is 1150. The zero-order valence-corrected chi connectivity index (χ0v) is 18.2. The van der Waals surface area contributed by atoms with Crippen LogP contribution < -0.4 is 20.1 Å². The molecular formula is C28H26N2O3. The maximum Gasteiger partial charge on any atom is 0.243 e. The predicted molar refractivity (Wildman–Crippen MR) is 132 cm³/mol. The summed E-state index contributed by atoms with van der Waals surface area (Å²) in [7, 11) is 0. The van der Waals surface area contributed by atoms with Crippen LogP contribution >= 0.6 is 0 Å². The van der Waals surface area contributed by atoms with Crippen molar-refractivity contribution in [3.63, 3.8) is 0 Å². The van der Waals surface area contributed by atoms with Crippen LogP contribution in [0.2, 0.25) is 0 Å². The van der Waals surface area contributed by atoms with Gasteiger partial charge in [-0.05, 0) is 54.1 Å². The van der Waals surface area contributed by atoms with Gasteiger partial charge >= 0.3 is 0 Å². The van der Waals surface area contributed by atoms with Crippen LogP contribution in [0.25, 0.3) is 0 Å². The lowest BCUT2D eigenvalue weighted by atomic mass is 10.2. The van der Waals surface area contributed by atoms with Crippen molar-refractivity contribution in [1.82, 2.24) is 0 Å². The fourth-order valence-corrected chi connectivity index (χ4v) is 3.25. The van der Waals surface area contributed by atoms with Gasteiger partial charge in [0.15, 0.2) is 0 Å². The average Bonchev–Trinajstić information content (AvgIpc) is 2.85. The SMILES string of the molecule is O=C(CNc1ccc(Oc2ccccc2)cc1)Nc1cccc(OCCc2ccccc2)c1. The van der Waals surface area contributed by atoms with Gasteiger partial charge in [-0.2, -0.15) is 0 Å². The van der Waals surface area contributed by atoms with Crippen molar-refractivity contribution in [3.05, 3.63) is 115 Å². The van der Waals surface area contributed by atoms with E-state index in [2.05, 4.69) is 22.8 Å². The highest BCUT2D eigenvalue weighted by Gasteiger charge is 2.05. The lowest BCUT2D eigenvalue weighted by Gasteiger charge is -2.11. The Labute approximate surface area is 194 Å². The van der Waals surface area contributed by atoms with Crippen molar-refractivity contribution >= 4 is 17.3 Å². The first kappa shape index (κ1) is 22.0. The smallest absolute Gasteiger partial charge is 0.243 e.